The fourth-order valence-electron chi connectivity index (χ4n) is 1.00. The number of ether oxygens (including phenoxy) is 1. The topological polar surface area (TPSA) is 62.7 Å². The minimum atomic E-state index is -0.433. The molecule has 15 heavy (non-hydrogen) atoms. The fourth-order valence-corrected chi connectivity index (χ4v) is 1.83. The van der Waals surface area contributed by atoms with Crippen LogP contribution in [0.4, 0.5) is 4.79 Å². The van der Waals surface area contributed by atoms with Gasteiger partial charge in [-0.3, -0.25) is 0 Å². The summed E-state index contributed by atoms with van der Waals surface area (Å²) in [6.45, 7) is 2.27. The van der Waals surface area contributed by atoms with Gasteiger partial charge in [-0.2, -0.15) is 0 Å². The Morgan fingerprint density at radius 2 is 2.47 bits per heavy atom. The number of aliphatic hydroxyl groups is 1. The van der Waals surface area contributed by atoms with E-state index in [-0.39, 0.29) is 13.2 Å². The highest BCUT2D eigenvalue weighted by Gasteiger charge is 2.12. The third-order valence-electron chi connectivity index (χ3n) is 1.85. The number of carbonyl (C=O) groups excluding carboxylic acids is 1. The van der Waals surface area contributed by atoms with Crippen LogP contribution in [0.1, 0.15) is 10.6 Å². The third kappa shape index (κ3) is 3.49. The Kier molecular flexibility index (Phi) is 4.51. The lowest BCUT2D eigenvalue weighted by atomic mass is 10.4. The number of aliphatic hydroxyl groups excluding tert-OH is 1. The predicted octanol–water partition coefficient (Wildman–Crippen LogP) is 1.01. The van der Waals surface area contributed by atoms with Gasteiger partial charge in [0.2, 0.25) is 0 Å². The molecule has 0 saturated heterocycles. The van der Waals surface area contributed by atoms with Crippen molar-refractivity contribution < 1.29 is 14.6 Å². The van der Waals surface area contributed by atoms with Gasteiger partial charge in [0, 0.05) is 11.9 Å². The second kappa shape index (κ2) is 5.67. The molecule has 0 aromatic carbocycles. The normalized spacial score (nSPS) is 10.1. The highest BCUT2D eigenvalue weighted by molar-refractivity contribution is 7.09. The van der Waals surface area contributed by atoms with Crippen molar-refractivity contribution in [2.75, 3.05) is 20.3 Å². The first-order valence-electron chi connectivity index (χ1n) is 4.53. The molecule has 0 radical (unpaired) electrons. The molecule has 0 bridgehead atoms. The van der Waals surface area contributed by atoms with E-state index in [9.17, 15) is 4.79 Å². The molecule has 1 amide bonds. The van der Waals surface area contributed by atoms with Crippen molar-refractivity contribution in [3.05, 3.63) is 16.1 Å². The molecule has 1 aromatic rings. The molecule has 0 saturated carbocycles. The SMILES string of the molecule is Cc1ncsc1CN(C)C(=O)OCCO. The van der Waals surface area contributed by atoms with Gasteiger partial charge in [-0.15, -0.1) is 11.3 Å². The smallest absolute Gasteiger partial charge is 0.409 e. The standard InChI is InChI=1S/C9H14N2O3S/c1-7-8(15-6-10-7)5-11(2)9(13)14-4-3-12/h6,12H,3-5H2,1-2H3. The number of rotatable bonds is 4. The van der Waals surface area contributed by atoms with Crippen molar-refractivity contribution >= 4 is 17.4 Å². The van der Waals surface area contributed by atoms with Gasteiger partial charge in [0.25, 0.3) is 0 Å². The van der Waals surface area contributed by atoms with Crippen LogP contribution in [-0.2, 0) is 11.3 Å². The van der Waals surface area contributed by atoms with Crippen LogP contribution in [0.3, 0.4) is 0 Å². The van der Waals surface area contributed by atoms with E-state index < -0.39 is 6.09 Å². The number of nitrogens with zero attached hydrogens (tertiary/aromatic N) is 2. The van der Waals surface area contributed by atoms with Gasteiger partial charge < -0.3 is 14.7 Å². The van der Waals surface area contributed by atoms with E-state index in [4.69, 9.17) is 9.84 Å². The van der Waals surface area contributed by atoms with Crippen LogP contribution in [0.2, 0.25) is 0 Å². The van der Waals surface area contributed by atoms with Gasteiger partial charge >= 0.3 is 6.09 Å². The van der Waals surface area contributed by atoms with Crippen LogP contribution in [0, 0.1) is 6.92 Å². The van der Waals surface area contributed by atoms with E-state index in [0.29, 0.717) is 6.54 Å². The summed E-state index contributed by atoms with van der Waals surface area (Å²) in [5, 5.41) is 8.49. The zero-order valence-corrected chi connectivity index (χ0v) is 9.58. The minimum absolute atomic E-state index is 0.0326. The Balaban J connectivity index is 2.45. The molecule has 1 heterocycles. The van der Waals surface area contributed by atoms with Crippen molar-refractivity contribution in [2.45, 2.75) is 13.5 Å². The van der Waals surface area contributed by atoms with Crippen LogP contribution in [0.5, 0.6) is 0 Å². The summed E-state index contributed by atoms with van der Waals surface area (Å²) >= 11 is 1.51. The highest BCUT2D eigenvalue weighted by Crippen LogP contribution is 2.14. The summed E-state index contributed by atoms with van der Waals surface area (Å²) in [6.07, 6.45) is -0.433. The van der Waals surface area contributed by atoms with Crippen LogP contribution in [0.15, 0.2) is 5.51 Å². The maximum absolute atomic E-state index is 11.3. The number of amides is 1. The van der Waals surface area contributed by atoms with E-state index in [0.717, 1.165) is 10.6 Å². The number of aromatic nitrogens is 1. The number of thiazole rings is 1. The van der Waals surface area contributed by atoms with E-state index in [1.54, 1.807) is 12.6 Å². The summed E-state index contributed by atoms with van der Waals surface area (Å²) in [6, 6.07) is 0. The Morgan fingerprint density at radius 3 is 3.00 bits per heavy atom. The van der Waals surface area contributed by atoms with Gasteiger partial charge in [-0.25, -0.2) is 9.78 Å². The van der Waals surface area contributed by atoms with E-state index in [1.165, 1.54) is 16.2 Å². The van der Waals surface area contributed by atoms with E-state index in [2.05, 4.69) is 4.98 Å². The minimum Gasteiger partial charge on any atom is -0.447 e. The number of aryl methyl sites for hydroxylation is 1. The van der Waals surface area contributed by atoms with Crippen LogP contribution in [0.25, 0.3) is 0 Å². The van der Waals surface area contributed by atoms with Crippen molar-refractivity contribution in [1.82, 2.24) is 9.88 Å². The van der Waals surface area contributed by atoms with Gasteiger partial charge in [0.1, 0.15) is 6.61 Å². The summed E-state index contributed by atoms with van der Waals surface area (Å²) in [5.41, 5.74) is 2.68. The Morgan fingerprint density at radius 1 is 1.73 bits per heavy atom. The quantitative estimate of drug-likeness (QED) is 0.838. The molecule has 6 heteroatoms. The second-order valence-corrected chi connectivity index (χ2v) is 3.99. The maximum atomic E-state index is 11.3. The lowest BCUT2D eigenvalue weighted by Crippen LogP contribution is -2.27. The van der Waals surface area contributed by atoms with E-state index in [1.807, 2.05) is 6.92 Å². The Labute approximate surface area is 92.3 Å². The molecule has 1 rings (SSSR count). The lowest BCUT2D eigenvalue weighted by Gasteiger charge is -2.15. The Hall–Kier alpha value is -1.14. The van der Waals surface area contributed by atoms with Crippen molar-refractivity contribution in [1.29, 1.82) is 0 Å². The molecule has 1 aromatic heterocycles. The van der Waals surface area contributed by atoms with E-state index >= 15 is 0 Å². The van der Waals surface area contributed by atoms with Crippen LogP contribution < -0.4 is 0 Å². The van der Waals surface area contributed by atoms with Gasteiger partial charge in [0.05, 0.1) is 24.4 Å². The van der Waals surface area contributed by atoms with Crippen molar-refractivity contribution in [3.63, 3.8) is 0 Å². The van der Waals surface area contributed by atoms with Gasteiger partial charge in [0.15, 0.2) is 0 Å². The summed E-state index contributed by atoms with van der Waals surface area (Å²) in [4.78, 5) is 17.9. The monoisotopic (exact) mass is 230 g/mol. The zero-order chi connectivity index (χ0) is 11.3. The molecule has 0 spiro atoms. The molecule has 5 nitrogen and oxygen atoms in total. The molecule has 0 unspecified atom stereocenters. The van der Waals surface area contributed by atoms with Gasteiger partial charge in [-0.1, -0.05) is 0 Å². The first-order chi connectivity index (χ1) is 7.15. The molecule has 0 aliphatic rings. The molecular formula is C9H14N2O3S. The summed E-state index contributed by atoms with van der Waals surface area (Å²) < 4.78 is 4.76. The van der Waals surface area contributed by atoms with Crippen LogP contribution >= 0.6 is 11.3 Å². The lowest BCUT2D eigenvalue weighted by molar-refractivity contribution is 0.0895. The summed E-state index contributed by atoms with van der Waals surface area (Å²) in [5.74, 6) is 0. The zero-order valence-electron chi connectivity index (χ0n) is 8.77. The number of carbonyl (C=O) groups is 1. The third-order valence-corrected chi connectivity index (χ3v) is 2.77. The first-order valence-corrected chi connectivity index (χ1v) is 5.41. The molecule has 1 N–H and O–H groups in total. The molecule has 0 aliphatic carbocycles. The highest BCUT2D eigenvalue weighted by atomic mass is 32.1. The van der Waals surface area contributed by atoms with Crippen molar-refractivity contribution in [3.8, 4) is 0 Å². The average molecular weight is 230 g/mol. The van der Waals surface area contributed by atoms with Gasteiger partial charge in [-0.05, 0) is 6.92 Å². The predicted molar refractivity (Wildman–Crippen MR) is 56.8 cm³/mol. The Bertz CT molecular complexity index is 327. The fraction of sp³-hybridized carbons (Fsp3) is 0.556. The van der Waals surface area contributed by atoms with Crippen LogP contribution in [-0.4, -0.2) is 41.3 Å². The molecule has 0 aliphatic heterocycles. The first kappa shape index (κ1) is 11.9. The average Bonchev–Trinajstić information content (AvgIpc) is 2.61. The maximum Gasteiger partial charge on any atom is 0.409 e. The number of hydrogen-bond donors (Lipinski definition) is 1. The second-order valence-electron chi connectivity index (χ2n) is 3.05. The molecule has 0 atom stereocenters. The van der Waals surface area contributed by atoms with Crippen molar-refractivity contribution in [2.24, 2.45) is 0 Å². The number of hydrogen-bond acceptors (Lipinski definition) is 5. The molecular weight excluding hydrogens is 216 g/mol. The molecule has 84 valence electrons. The molecule has 0 fully saturated rings. The summed E-state index contributed by atoms with van der Waals surface area (Å²) in [7, 11) is 1.65. The largest absolute Gasteiger partial charge is 0.447 e.